The number of anilines is 1. The molecule has 1 aliphatic heterocycles. The number of carbonyl (C=O) groups is 1. The summed E-state index contributed by atoms with van der Waals surface area (Å²) in [6, 6.07) is 7.20. The van der Waals surface area contributed by atoms with Crippen LogP contribution in [0.15, 0.2) is 35.8 Å². The summed E-state index contributed by atoms with van der Waals surface area (Å²) in [5.74, 6) is 0.0920. The molecule has 0 atom stereocenters. The van der Waals surface area contributed by atoms with Crippen LogP contribution in [0, 0.1) is 0 Å². The Morgan fingerprint density at radius 3 is 2.93 bits per heavy atom. The van der Waals surface area contributed by atoms with Gasteiger partial charge >= 0.3 is 5.97 Å². The van der Waals surface area contributed by atoms with E-state index in [2.05, 4.69) is 5.32 Å². The number of aliphatic carboxylic acids is 1. The maximum atomic E-state index is 10.5. The van der Waals surface area contributed by atoms with E-state index in [4.69, 9.17) is 15.6 Å². The SMILES string of the molecule is NC1=C(CC(=O)O)Oc2ccccc2N1. The molecule has 15 heavy (non-hydrogen) atoms. The van der Waals surface area contributed by atoms with Crippen molar-refractivity contribution in [3.05, 3.63) is 35.8 Å². The first-order valence-electron chi connectivity index (χ1n) is 4.41. The number of carboxylic acid groups (broad SMARTS) is 1. The molecule has 0 fully saturated rings. The molecule has 0 aromatic heterocycles. The molecule has 5 heteroatoms. The molecule has 0 unspecified atom stereocenters. The maximum absolute atomic E-state index is 10.5. The van der Waals surface area contributed by atoms with Gasteiger partial charge in [-0.3, -0.25) is 4.79 Å². The summed E-state index contributed by atoms with van der Waals surface area (Å²) in [4.78, 5) is 10.5. The number of benzene rings is 1. The van der Waals surface area contributed by atoms with Gasteiger partial charge in [0.1, 0.15) is 12.2 Å². The number of ether oxygens (including phenoxy) is 1. The third-order valence-electron chi connectivity index (χ3n) is 2.00. The van der Waals surface area contributed by atoms with Crippen molar-refractivity contribution >= 4 is 11.7 Å². The summed E-state index contributed by atoms with van der Waals surface area (Å²) in [6.07, 6.45) is -0.229. The van der Waals surface area contributed by atoms with Crippen LogP contribution >= 0.6 is 0 Å². The van der Waals surface area contributed by atoms with E-state index in [-0.39, 0.29) is 18.0 Å². The van der Waals surface area contributed by atoms with Crippen LogP contribution < -0.4 is 15.8 Å². The summed E-state index contributed by atoms with van der Waals surface area (Å²) < 4.78 is 5.37. The minimum Gasteiger partial charge on any atom is -0.481 e. The lowest BCUT2D eigenvalue weighted by molar-refractivity contribution is -0.136. The second-order valence-electron chi connectivity index (χ2n) is 3.13. The zero-order valence-electron chi connectivity index (χ0n) is 7.86. The van der Waals surface area contributed by atoms with Crippen LogP contribution in [0.5, 0.6) is 5.75 Å². The Kier molecular flexibility index (Phi) is 2.21. The predicted molar refractivity (Wildman–Crippen MR) is 54.2 cm³/mol. The zero-order chi connectivity index (χ0) is 10.8. The van der Waals surface area contributed by atoms with E-state index < -0.39 is 5.97 Å². The molecule has 1 heterocycles. The van der Waals surface area contributed by atoms with Crippen molar-refractivity contribution in [1.29, 1.82) is 0 Å². The lowest BCUT2D eigenvalue weighted by Crippen LogP contribution is -2.21. The Morgan fingerprint density at radius 1 is 1.47 bits per heavy atom. The van der Waals surface area contributed by atoms with Crippen LogP contribution in [0.2, 0.25) is 0 Å². The van der Waals surface area contributed by atoms with Gasteiger partial charge in [-0.15, -0.1) is 0 Å². The van der Waals surface area contributed by atoms with E-state index in [9.17, 15) is 4.79 Å². The second-order valence-corrected chi connectivity index (χ2v) is 3.13. The first kappa shape index (κ1) is 9.39. The van der Waals surface area contributed by atoms with Crippen LogP contribution in [-0.4, -0.2) is 11.1 Å². The number of nitrogens with two attached hydrogens (primary N) is 1. The molecule has 1 aromatic carbocycles. The fourth-order valence-electron chi connectivity index (χ4n) is 1.33. The fraction of sp³-hybridized carbons (Fsp3) is 0.100. The molecule has 1 aliphatic rings. The van der Waals surface area contributed by atoms with Crippen molar-refractivity contribution in [3.8, 4) is 5.75 Å². The first-order valence-corrected chi connectivity index (χ1v) is 4.41. The van der Waals surface area contributed by atoms with Crippen molar-refractivity contribution in [1.82, 2.24) is 0 Å². The number of hydrogen-bond donors (Lipinski definition) is 3. The number of nitrogens with one attached hydrogen (secondary N) is 1. The largest absolute Gasteiger partial charge is 0.481 e. The number of para-hydroxylation sites is 2. The van der Waals surface area contributed by atoms with Gasteiger partial charge in [-0.2, -0.15) is 0 Å². The molecule has 78 valence electrons. The Labute approximate surface area is 86.2 Å². The van der Waals surface area contributed by atoms with Gasteiger partial charge in [0.15, 0.2) is 11.5 Å². The van der Waals surface area contributed by atoms with Gasteiger partial charge in [0.2, 0.25) is 0 Å². The van der Waals surface area contributed by atoms with E-state index >= 15 is 0 Å². The van der Waals surface area contributed by atoms with Crippen molar-refractivity contribution in [2.75, 3.05) is 5.32 Å². The minimum absolute atomic E-state index is 0.229. The molecule has 5 nitrogen and oxygen atoms in total. The fourth-order valence-corrected chi connectivity index (χ4v) is 1.33. The van der Waals surface area contributed by atoms with Gasteiger partial charge < -0.3 is 20.9 Å². The lowest BCUT2D eigenvalue weighted by Gasteiger charge is -2.21. The Morgan fingerprint density at radius 2 is 2.20 bits per heavy atom. The average Bonchev–Trinajstić information content (AvgIpc) is 2.18. The molecule has 0 spiro atoms. The Hall–Kier alpha value is -2.17. The molecule has 1 aromatic rings. The van der Waals surface area contributed by atoms with Crippen LogP contribution in [0.4, 0.5) is 5.69 Å². The normalized spacial score (nSPS) is 13.9. The molecular weight excluding hydrogens is 196 g/mol. The van der Waals surface area contributed by atoms with Gasteiger partial charge in [0.25, 0.3) is 0 Å². The summed E-state index contributed by atoms with van der Waals surface area (Å²) in [5.41, 5.74) is 6.36. The molecule has 4 N–H and O–H groups in total. The number of carboxylic acids is 1. The highest BCUT2D eigenvalue weighted by Gasteiger charge is 2.18. The average molecular weight is 206 g/mol. The smallest absolute Gasteiger partial charge is 0.311 e. The van der Waals surface area contributed by atoms with E-state index in [1.54, 1.807) is 18.2 Å². The third kappa shape index (κ3) is 1.85. The third-order valence-corrected chi connectivity index (χ3v) is 2.00. The summed E-state index contributed by atoms with van der Waals surface area (Å²) in [7, 11) is 0. The summed E-state index contributed by atoms with van der Waals surface area (Å²) >= 11 is 0. The van der Waals surface area contributed by atoms with Crippen LogP contribution in [-0.2, 0) is 4.79 Å². The van der Waals surface area contributed by atoms with Crippen LogP contribution in [0.25, 0.3) is 0 Å². The van der Waals surface area contributed by atoms with E-state index in [0.29, 0.717) is 5.75 Å². The topological polar surface area (TPSA) is 84.6 Å². The molecule has 0 aliphatic carbocycles. The standard InChI is InChI=1S/C10H10N2O3/c11-10-8(5-9(13)14)15-7-4-2-1-3-6(7)12-10/h1-4,12H,5,11H2,(H,13,14). The molecule has 0 bridgehead atoms. The quantitative estimate of drug-likeness (QED) is 0.674. The van der Waals surface area contributed by atoms with E-state index in [0.717, 1.165) is 5.69 Å². The number of rotatable bonds is 2. The number of fused-ring (bicyclic) bond motifs is 1. The van der Waals surface area contributed by atoms with Crippen molar-refractivity contribution in [3.63, 3.8) is 0 Å². The molecule has 2 rings (SSSR count). The Balaban J connectivity index is 2.27. The van der Waals surface area contributed by atoms with Crippen LogP contribution in [0.1, 0.15) is 6.42 Å². The first-order chi connectivity index (χ1) is 7.16. The highest BCUT2D eigenvalue weighted by molar-refractivity contribution is 5.71. The highest BCUT2D eigenvalue weighted by atomic mass is 16.5. The van der Waals surface area contributed by atoms with Gasteiger partial charge in [0.05, 0.1) is 5.69 Å². The second kappa shape index (κ2) is 3.53. The zero-order valence-corrected chi connectivity index (χ0v) is 7.86. The van der Waals surface area contributed by atoms with Crippen molar-refractivity contribution in [2.45, 2.75) is 6.42 Å². The minimum atomic E-state index is -0.978. The monoisotopic (exact) mass is 206 g/mol. The molecule has 0 amide bonds. The van der Waals surface area contributed by atoms with Crippen molar-refractivity contribution in [2.24, 2.45) is 5.73 Å². The van der Waals surface area contributed by atoms with Crippen LogP contribution in [0.3, 0.4) is 0 Å². The molecular formula is C10H10N2O3. The summed E-state index contributed by atoms with van der Waals surface area (Å²) in [6.45, 7) is 0. The van der Waals surface area contributed by atoms with Gasteiger partial charge in [-0.1, -0.05) is 12.1 Å². The highest BCUT2D eigenvalue weighted by Crippen LogP contribution is 2.31. The van der Waals surface area contributed by atoms with Crippen molar-refractivity contribution < 1.29 is 14.6 Å². The van der Waals surface area contributed by atoms with E-state index in [1.165, 1.54) is 0 Å². The van der Waals surface area contributed by atoms with E-state index in [1.807, 2.05) is 6.07 Å². The lowest BCUT2D eigenvalue weighted by atomic mass is 10.2. The summed E-state index contributed by atoms with van der Waals surface area (Å²) in [5, 5.41) is 11.5. The molecule has 0 saturated heterocycles. The van der Waals surface area contributed by atoms with Gasteiger partial charge in [-0.25, -0.2) is 0 Å². The maximum Gasteiger partial charge on any atom is 0.311 e. The van der Waals surface area contributed by atoms with Gasteiger partial charge in [-0.05, 0) is 12.1 Å². The predicted octanol–water partition coefficient (Wildman–Crippen LogP) is 1.09. The molecule has 0 radical (unpaired) electrons. The Bertz CT molecular complexity index is 440. The molecule has 0 saturated carbocycles. The number of hydrogen-bond acceptors (Lipinski definition) is 4. The van der Waals surface area contributed by atoms with Gasteiger partial charge in [0, 0.05) is 0 Å².